The number of halogens is 1. The van der Waals surface area contributed by atoms with Gasteiger partial charge in [-0.2, -0.15) is 0 Å². The Hall–Kier alpha value is -1.60. The van der Waals surface area contributed by atoms with Crippen LogP contribution in [0.3, 0.4) is 0 Å². The number of benzene rings is 1. The van der Waals surface area contributed by atoms with Crippen molar-refractivity contribution in [1.29, 1.82) is 0 Å². The standard InChI is InChI=1S/C14H19BrN4O2/c1-18(9-13(20)19-6-4-17-5-7-19)10-2-3-11(14(16)21)12(15)8-10/h2-3,8,17H,4-7,9H2,1H3,(H2,16,21). The summed E-state index contributed by atoms with van der Waals surface area (Å²) >= 11 is 3.33. The van der Waals surface area contributed by atoms with Crippen molar-refractivity contribution in [1.82, 2.24) is 10.2 Å². The molecule has 6 nitrogen and oxygen atoms in total. The molecule has 7 heteroatoms. The Morgan fingerprint density at radius 1 is 1.38 bits per heavy atom. The molecule has 0 aliphatic carbocycles. The van der Waals surface area contributed by atoms with E-state index >= 15 is 0 Å². The monoisotopic (exact) mass is 354 g/mol. The Morgan fingerprint density at radius 3 is 2.62 bits per heavy atom. The fourth-order valence-corrected chi connectivity index (χ4v) is 2.81. The van der Waals surface area contributed by atoms with Crippen molar-refractivity contribution in [2.24, 2.45) is 5.73 Å². The highest BCUT2D eigenvalue weighted by molar-refractivity contribution is 9.10. The maximum atomic E-state index is 12.2. The lowest BCUT2D eigenvalue weighted by Crippen LogP contribution is -2.49. The van der Waals surface area contributed by atoms with Crippen LogP contribution in [0.2, 0.25) is 0 Å². The first-order valence-corrected chi connectivity index (χ1v) is 7.57. The number of primary amides is 1. The van der Waals surface area contributed by atoms with Gasteiger partial charge in [0.25, 0.3) is 0 Å². The minimum absolute atomic E-state index is 0.106. The zero-order valence-corrected chi connectivity index (χ0v) is 13.5. The zero-order valence-electron chi connectivity index (χ0n) is 11.9. The summed E-state index contributed by atoms with van der Waals surface area (Å²) in [4.78, 5) is 27.1. The van der Waals surface area contributed by atoms with Crippen molar-refractivity contribution in [3.8, 4) is 0 Å². The molecule has 0 bridgehead atoms. The van der Waals surface area contributed by atoms with Crippen LogP contribution in [0.15, 0.2) is 22.7 Å². The first kappa shape index (κ1) is 15.8. The summed E-state index contributed by atoms with van der Waals surface area (Å²) in [6, 6.07) is 5.24. The van der Waals surface area contributed by atoms with Crippen molar-refractivity contribution in [2.45, 2.75) is 0 Å². The van der Waals surface area contributed by atoms with Crippen LogP contribution in [0.1, 0.15) is 10.4 Å². The van der Waals surface area contributed by atoms with Gasteiger partial charge in [0.05, 0.1) is 12.1 Å². The van der Waals surface area contributed by atoms with Gasteiger partial charge in [-0.3, -0.25) is 9.59 Å². The average molecular weight is 355 g/mol. The van der Waals surface area contributed by atoms with E-state index in [1.54, 1.807) is 18.2 Å². The van der Waals surface area contributed by atoms with E-state index in [-0.39, 0.29) is 5.91 Å². The van der Waals surface area contributed by atoms with Gasteiger partial charge < -0.3 is 20.9 Å². The van der Waals surface area contributed by atoms with E-state index in [9.17, 15) is 9.59 Å². The van der Waals surface area contributed by atoms with Crippen molar-refractivity contribution in [2.75, 3.05) is 44.7 Å². The third kappa shape index (κ3) is 3.95. The van der Waals surface area contributed by atoms with E-state index < -0.39 is 5.91 Å². The number of nitrogens with zero attached hydrogens (tertiary/aromatic N) is 2. The topological polar surface area (TPSA) is 78.7 Å². The predicted molar refractivity (Wildman–Crippen MR) is 85.4 cm³/mol. The fraction of sp³-hybridized carbons (Fsp3) is 0.429. The van der Waals surface area contributed by atoms with Crippen molar-refractivity contribution in [3.63, 3.8) is 0 Å². The minimum atomic E-state index is -0.479. The van der Waals surface area contributed by atoms with Crippen LogP contribution in [0.5, 0.6) is 0 Å². The summed E-state index contributed by atoms with van der Waals surface area (Å²) in [5.41, 5.74) is 6.56. The number of amides is 2. The maximum absolute atomic E-state index is 12.2. The predicted octanol–water partition coefficient (Wildman–Crippen LogP) is 0.416. The summed E-state index contributed by atoms with van der Waals surface area (Å²) in [5, 5.41) is 3.22. The molecule has 2 amide bonds. The first-order valence-electron chi connectivity index (χ1n) is 6.78. The molecule has 1 aliphatic heterocycles. The minimum Gasteiger partial charge on any atom is -0.366 e. The van der Waals surface area contributed by atoms with E-state index in [2.05, 4.69) is 21.2 Å². The van der Waals surface area contributed by atoms with Gasteiger partial charge in [-0.25, -0.2) is 0 Å². The van der Waals surface area contributed by atoms with Crippen LogP contribution in [0, 0.1) is 0 Å². The lowest BCUT2D eigenvalue weighted by atomic mass is 10.2. The van der Waals surface area contributed by atoms with E-state index in [4.69, 9.17) is 5.73 Å². The summed E-state index contributed by atoms with van der Waals surface area (Å²) in [6.45, 7) is 3.49. The van der Waals surface area contributed by atoms with E-state index in [0.29, 0.717) is 16.6 Å². The highest BCUT2D eigenvalue weighted by Gasteiger charge is 2.18. The van der Waals surface area contributed by atoms with Crippen molar-refractivity contribution < 1.29 is 9.59 Å². The normalized spacial score (nSPS) is 14.9. The Balaban J connectivity index is 2.02. The largest absolute Gasteiger partial charge is 0.366 e. The molecule has 1 aromatic carbocycles. The molecule has 1 saturated heterocycles. The highest BCUT2D eigenvalue weighted by atomic mass is 79.9. The van der Waals surface area contributed by atoms with Gasteiger partial charge >= 0.3 is 0 Å². The van der Waals surface area contributed by atoms with Crippen LogP contribution in [0.4, 0.5) is 5.69 Å². The number of carbonyl (C=O) groups is 2. The van der Waals surface area contributed by atoms with Crippen LogP contribution in [-0.2, 0) is 4.79 Å². The smallest absolute Gasteiger partial charge is 0.249 e. The molecule has 0 radical (unpaired) electrons. The number of carbonyl (C=O) groups excluding carboxylic acids is 2. The van der Waals surface area contributed by atoms with Gasteiger partial charge in [0.1, 0.15) is 0 Å². The van der Waals surface area contributed by atoms with Crippen LogP contribution in [0.25, 0.3) is 0 Å². The SMILES string of the molecule is CN(CC(=O)N1CCNCC1)c1ccc(C(N)=O)c(Br)c1. The lowest BCUT2D eigenvalue weighted by Gasteiger charge is -2.30. The molecule has 1 aliphatic rings. The molecule has 0 atom stereocenters. The third-order valence-electron chi connectivity index (χ3n) is 3.50. The number of nitrogens with one attached hydrogen (secondary N) is 1. The molecule has 0 aromatic heterocycles. The molecule has 1 aromatic rings. The number of rotatable bonds is 4. The van der Waals surface area contributed by atoms with Gasteiger partial charge in [0.15, 0.2) is 0 Å². The summed E-state index contributed by atoms with van der Waals surface area (Å²) in [5.74, 6) is -0.373. The number of anilines is 1. The molecular weight excluding hydrogens is 336 g/mol. The molecule has 1 fully saturated rings. The van der Waals surface area contributed by atoms with Gasteiger partial charge in [0.2, 0.25) is 11.8 Å². The number of likely N-dealkylation sites (N-methyl/N-ethyl adjacent to an activating group) is 1. The van der Waals surface area contributed by atoms with Crippen LogP contribution >= 0.6 is 15.9 Å². The Morgan fingerprint density at radius 2 is 2.05 bits per heavy atom. The van der Waals surface area contributed by atoms with E-state index in [1.165, 1.54) is 0 Å². The first-order chi connectivity index (χ1) is 9.99. The molecule has 0 unspecified atom stereocenters. The van der Waals surface area contributed by atoms with Crippen LogP contribution < -0.4 is 16.0 Å². The van der Waals surface area contributed by atoms with Crippen molar-refractivity contribution >= 4 is 33.4 Å². The molecule has 3 N–H and O–H groups in total. The number of piperazine rings is 1. The molecular formula is C14H19BrN4O2. The van der Waals surface area contributed by atoms with E-state index in [1.807, 2.05) is 16.8 Å². The molecule has 114 valence electrons. The van der Waals surface area contributed by atoms with Crippen LogP contribution in [-0.4, -0.2) is 56.5 Å². The molecule has 21 heavy (non-hydrogen) atoms. The Bertz CT molecular complexity index is 544. The van der Waals surface area contributed by atoms with Gasteiger partial charge in [-0.05, 0) is 34.1 Å². The number of hydrogen-bond acceptors (Lipinski definition) is 4. The third-order valence-corrected chi connectivity index (χ3v) is 4.16. The summed E-state index contributed by atoms with van der Waals surface area (Å²) < 4.78 is 0.633. The van der Waals surface area contributed by atoms with Gasteiger partial charge in [-0.15, -0.1) is 0 Å². The van der Waals surface area contributed by atoms with E-state index in [0.717, 1.165) is 31.9 Å². The second-order valence-corrected chi connectivity index (χ2v) is 5.87. The molecule has 0 spiro atoms. The second kappa shape index (κ2) is 6.91. The maximum Gasteiger partial charge on any atom is 0.249 e. The van der Waals surface area contributed by atoms with Gasteiger partial charge in [-0.1, -0.05) is 0 Å². The Labute approximate surface area is 132 Å². The number of nitrogens with two attached hydrogens (primary N) is 1. The zero-order chi connectivity index (χ0) is 15.4. The van der Waals surface area contributed by atoms with Gasteiger partial charge in [0, 0.05) is 43.4 Å². The quantitative estimate of drug-likeness (QED) is 0.821. The highest BCUT2D eigenvalue weighted by Crippen LogP contribution is 2.23. The fourth-order valence-electron chi connectivity index (χ4n) is 2.25. The molecule has 2 rings (SSSR count). The Kier molecular flexibility index (Phi) is 5.19. The number of hydrogen-bond donors (Lipinski definition) is 2. The summed E-state index contributed by atoms with van der Waals surface area (Å²) in [7, 11) is 1.85. The summed E-state index contributed by atoms with van der Waals surface area (Å²) in [6.07, 6.45) is 0. The van der Waals surface area contributed by atoms with Crippen molar-refractivity contribution in [3.05, 3.63) is 28.2 Å². The lowest BCUT2D eigenvalue weighted by molar-refractivity contribution is -0.130. The second-order valence-electron chi connectivity index (χ2n) is 5.02. The molecule has 0 saturated carbocycles. The average Bonchev–Trinajstić information content (AvgIpc) is 2.47. The molecule has 1 heterocycles.